The first-order valence-corrected chi connectivity index (χ1v) is 9.10. The second-order valence-corrected chi connectivity index (χ2v) is 6.42. The summed E-state index contributed by atoms with van der Waals surface area (Å²) in [5, 5.41) is 10.9. The number of likely N-dealkylation sites (tertiary alicyclic amines) is 1. The van der Waals surface area contributed by atoms with Crippen LogP contribution < -0.4 is 0 Å². The van der Waals surface area contributed by atoms with Gasteiger partial charge in [0, 0.05) is 12.6 Å². The Morgan fingerprint density at radius 3 is 2.61 bits per heavy atom. The lowest BCUT2D eigenvalue weighted by Crippen LogP contribution is -2.25. The Morgan fingerprint density at radius 1 is 1.25 bits per heavy atom. The van der Waals surface area contributed by atoms with Crippen LogP contribution >= 0.6 is 0 Å². The maximum atomic E-state index is 12.1. The van der Waals surface area contributed by atoms with Crippen LogP contribution in [0.4, 0.5) is 5.82 Å². The van der Waals surface area contributed by atoms with Crippen molar-refractivity contribution in [3.63, 3.8) is 0 Å². The van der Waals surface area contributed by atoms with E-state index in [9.17, 15) is 14.9 Å². The number of hydrogen-bond donors (Lipinski definition) is 0. The summed E-state index contributed by atoms with van der Waals surface area (Å²) >= 11 is 0. The minimum Gasteiger partial charge on any atom is -0.461 e. The molecule has 1 aliphatic rings. The molecule has 0 atom stereocenters. The van der Waals surface area contributed by atoms with Gasteiger partial charge in [-0.15, -0.1) is 0 Å². The Hall–Kier alpha value is -3.26. The number of carbonyl (C=O) groups excluding carboxylic acids is 1. The average molecular weight is 382 g/mol. The minimum atomic E-state index is -0.518. The lowest BCUT2D eigenvalue weighted by Gasteiger charge is -2.14. The quantitative estimate of drug-likeness (QED) is 0.395. The number of hydrogen-bond acceptors (Lipinski definition) is 6. The van der Waals surface area contributed by atoms with E-state index in [2.05, 4.69) is 16.5 Å². The third kappa shape index (κ3) is 4.72. The van der Waals surface area contributed by atoms with Crippen molar-refractivity contribution in [3.05, 3.63) is 64.1 Å². The zero-order valence-corrected chi connectivity index (χ0v) is 15.5. The summed E-state index contributed by atoms with van der Waals surface area (Å²) in [4.78, 5) is 28.9. The standard InChI is InChI=1S/C20H22N4O4/c1-2-23-18(21-15-19(23)24(26)27)10-7-16-5-8-17(9-6-16)20(25)28-14-13-22-11-3-4-12-22/h2,5-10,15H,1,3-4,11-14H2/b10-7+. The number of imidazole rings is 1. The Balaban J connectivity index is 1.58. The molecule has 1 aliphatic heterocycles. The monoisotopic (exact) mass is 382 g/mol. The molecule has 1 aromatic carbocycles. The van der Waals surface area contributed by atoms with Crippen molar-refractivity contribution in [2.24, 2.45) is 0 Å². The van der Waals surface area contributed by atoms with Gasteiger partial charge in [-0.3, -0.25) is 4.90 Å². The van der Waals surface area contributed by atoms with Crippen LogP contribution in [-0.2, 0) is 4.74 Å². The SMILES string of the molecule is C=Cn1c([N+](=O)[O-])cnc1/C=C/c1ccc(C(=O)OCCN2CCCC2)cc1. The van der Waals surface area contributed by atoms with Gasteiger partial charge in [0.1, 0.15) is 12.8 Å². The summed E-state index contributed by atoms with van der Waals surface area (Å²) in [6, 6.07) is 6.95. The molecule has 0 bridgehead atoms. The molecule has 8 nitrogen and oxygen atoms in total. The Bertz CT molecular complexity index is 880. The Morgan fingerprint density at radius 2 is 1.96 bits per heavy atom. The van der Waals surface area contributed by atoms with Crippen LogP contribution in [0.5, 0.6) is 0 Å². The number of benzene rings is 1. The predicted molar refractivity (Wildman–Crippen MR) is 107 cm³/mol. The number of aromatic nitrogens is 2. The van der Waals surface area contributed by atoms with Crippen LogP contribution in [-0.4, -0.2) is 51.6 Å². The fraction of sp³-hybridized carbons (Fsp3) is 0.300. The van der Waals surface area contributed by atoms with Gasteiger partial charge in [0.15, 0.2) is 0 Å². The molecular weight excluding hydrogens is 360 g/mol. The maximum absolute atomic E-state index is 12.1. The fourth-order valence-electron chi connectivity index (χ4n) is 3.07. The molecule has 0 unspecified atom stereocenters. The molecule has 0 radical (unpaired) electrons. The molecule has 0 N–H and O–H groups in total. The largest absolute Gasteiger partial charge is 0.461 e. The van der Waals surface area contributed by atoms with Gasteiger partial charge in [0.05, 0.1) is 11.8 Å². The van der Waals surface area contributed by atoms with Crippen molar-refractivity contribution in [2.45, 2.75) is 12.8 Å². The van der Waals surface area contributed by atoms with Gasteiger partial charge in [-0.1, -0.05) is 18.7 Å². The van der Waals surface area contributed by atoms with E-state index in [1.165, 1.54) is 29.8 Å². The Kier molecular flexibility index (Phi) is 6.33. The highest BCUT2D eigenvalue weighted by Crippen LogP contribution is 2.17. The third-order valence-corrected chi connectivity index (χ3v) is 4.59. The molecule has 8 heteroatoms. The molecule has 1 fully saturated rings. The number of nitrogens with zero attached hydrogens (tertiary/aromatic N) is 4. The molecule has 1 aromatic heterocycles. The van der Waals surface area contributed by atoms with Gasteiger partial charge in [-0.05, 0) is 54.6 Å². The normalized spacial score (nSPS) is 14.4. The van der Waals surface area contributed by atoms with Gasteiger partial charge < -0.3 is 14.9 Å². The smallest absolute Gasteiger partial charge is 0.347 e. The van der Waals surface area contributed by atoms with Crippen LogP contribution in [0.3, 0.4) is 0 Å². The second-order valence-electron chi connectivity index (χ2n) is 6.42. The molecule has 2 heterocycles. The summed E-state index contributed by atoms with van der Waals surface area (Å²) in [5.74, 6) is -0.0960. The summed E-state index contributed by atoms with van der Waals surface area (Å²) in [5.41, 5.74) is 1.32. The lowest BCUT2D eigenvalue weighted by atomic mass is 10.1. The predicted octanol–water partition coefficient (Wildman–Crippen LogP) is 3.31. The van der Waals surface area contributed by atoms with Crippen LogP contribution in [0.1, 0.15) is 34.6 Å². The number of rotatable bonds is 8. The van der Waals surface area contributed by atoms with Crippen molar-refractivity contribution in [1.82, 2.24) is 14.5 Å². The summed E-state index contributed by atoms with van der Waals surface area (Å²) < 4.78 is 6.62. The molecule has 0 amide bonds. The minimum absolute atomic E-state index is 0.151. The van der Waals surface area contributed by atoms with Gasteiger partial charge in [-0.25, -0.2) is 9.78 Å². The van der Waals surface area contributed by atoms with E-state index in [1.807, 2.05) is 0 Å². The average Bonchev–Trinajstić information content (AvgIpc) is 3.36. The van der Waals surface area contributed by atoms with Crippen LogP contribution in [0.15, 0.2) is 37.0 Å². The van der Waals surface area contributed by atoms with E-state index in [1.54, 1.807) is 36.4 Å². The van der Waals surface area contributed by atoms with Gasteiger partial charge in [-0.2, -0.15) is 4.57 Å². The highest BCUT2D eigenvalue weighted by atomic mass is 16.6. The zero-order chi connectivity index (χ0) is 19.9. The van der Waals surface area contributed by atoms with Crippen LogP contribution in [0.25, 0.3) is 18.4 Å². The van der Waals surface area contributed by atoms with E-state index in [4.69, 9.17) is 4.74 Å². The highest BCUT2D eigenvalue weighted by molar-refractivity contribution is 5.89. The summed E-state index contributed by atoms with van der Waals surface area (Å²) in [6.45, 7) is 6.89. The maximum Gasteiger partial charge on any atom is 0.347 e. The van der Waals surface area contributed by atoms with E-state index >= 15 is 0 Å². The van der Waals surface area contributed by atoms with Crippen molar-refractivity contribution < 1.29 is 14.5 Å². The van der Waals surface area contributed by atoms with E-state index in [0.29, 0.717) is 18.0 Å². The molecule has 1 saturated heterocycles. The first-order chi connectivity index (χ1) is 13.6. The molecular formula is C20H22N4O4. The van der Waals surface area contributed by atoms with Crippen LogP contribution in [0.2, 0.25) is 0 Å². The van der Waals surface area contributed by atoms with Gasteiger partial charge in [0.2, 0.25) is 5.82 Å². The highest BCUT2D eigenvalue weighted by Gasteiger charge is 2.16. The number of ether oxygens (including phenoxy) is 1. The van der Waals surface area contributed by atoms with Crippen molar-refractivity contribution in [2.75, 3.05) is 26.2 Å². The Labute approximate surface area is 162 Å². The van der Waals surface area contributed by atoms with Crippen molar-refractivity contribution in [1.29, 1.82) is 0 Å². The molecule has 2 aromatic rings. The topological polar surface area (TPSA) is 90.5 Å². The second kappa shape index (κ2) is 9.09. The molecule has 3 rings (SSSR count). The lowest BCUT2D eigenvalue weighted by molar-refractivity contribution is -0.390. The molecule has 146 valence electrons. The van der Waals surface area contributed by atoms with E-state index < -0.39 is 4.92 Å². The van der Waals surface area contributed by atoms with E-state index in [0.717, 1.165) is 25.2 Å². The number of carbonyl (C=O) groups is 1. The van der Waals surface area contributed by atoms with Gasteiger partial charge in [0.25, 0.3) is 0 Å². The van der Waals surface area contributed by atoms with Crippen molar-refractivity contribution in [3.8, 4) is 0 Å². The molecule has 28 heavy (non-hydrogen) atoms. The van der Waals surface area contributed by atoms with Crippen LogP contribution in [0, 0.1) is 10.1 Å². The molecule has 0 spiro atoms. The first-order valence-electron chi connectivity index (χ1n) is 9.10. The summed E-state index contributed by atoms with van der Waals surface area (Å²) in [6.07, 6.45) is 8.36. The summed E-state index contributed by atoms with van der Waals surface area (Å²) in [7, 11) is 0. The first kappa shape index (κ1) is 19.5. The van der Waals surface area contributed by atoms with Crippen molar-refractivity contribution >= 4 is 30.1 Å². The molecule has 0 aliphatic carbocycles. The number of esters is 1. The van der Waals surface area contributed by atoms with Gasteiger partial charge >= 0.3 is 11.8 Å². The zero-order valence-electron chi connectivity index (χ0n) is 15.5. The molecule has 0 saturated carbocycles. The van der Waals surface area contributed by atoms with E-state index in [-0.39, 0.29) is 11.8 Å². The fourth-order valence-corrected chi connectivity index (χ4v) is 3.07. The number of nitro groups is 1. The third-order valence-electron chi connectivity index (χ3n) is 4.59.